The predicted molar refractivity (Wildman–Crippen MR) is 88.2 cm³/mol. The highest BCUT2D eigenvalue weighted by Gasteiger charge is 2.36. The number of nitrogens with zero attached hydrogens (tertiary/aromatic N) is 1. The van der Waals surface area contributed by atoms with Crippen LogP contribution in [0.4, 0.5) is 0 Å². The highest BCUT2D eigenvalue weighted by molar-refractivity contribution is 5.83. The van der Waals surface area contributed by atoms with Crippen molar-refractivity contribution in [2.45, 2.75) is 40.0 Å². The first-order valence-corrected chi connectivity index (χ1v) is 7.91. The van der Waals surface area contributed by atoms with Gasteiger partial charge in [0.05, 0.1) is 27.1 Å². The molecule has 0 aliphatic carbocycles. The van der Waals surface area contributed by atoms with Gasteiger partial charge in [-0.15, -0.1) is 0 Å². The lowest BCUT2D eigenvalue weighted by Crippen LogP contribution is -2.49. The Morgan fingerprint density at radius 1 is 1.17 bits per heavy atom. The molecule has 0 aliphatic heterocycles. The van der Waals surface area contributed by atoms with Crippen LogP contribution in [0.5, 0.6) is 0 Å². The molecule has 7 heteroatoms. The third-order valence-electron chi connectivity index (χ3n) is 3.90. The number of carbonyl (C=O) groups excluding carboxylic acids is 2. The van der Waals surface area contributed by atoms with E-state index >= 15 is 0 Å². The molecule has 0 aromatic carbocycles. The lowest BCUT2D eigenvalue weighted by atomic mass is 9.78. The number of nitrogens with two attached hydrogens (primary N) is 1. The van der Waals surface area contributed by atoms with Gasteiger partial charge < -0.3 is 20.6 Å². The van der Waals surface area contributed by atoms with Crippen molar-refractivity contribution in [1.82, 2.24) is 5.32 Å². The lowest BCUT2D eigenvalue weighted by molar-refractivity contribution is -0.872. The van der Waals surface area contributed by atoms with Gasteiger partial charge in [-0.1, -0.05) is 20.8 Å². The first-order valence-electron chi connectivity index (χ1n) is 7.91. The summed E-state index contributed by atoms with van der Waals surface area (Å²) in [4.78, 5) is 35.2. The summed E-state index contributed by atoms with van der Waals surface area (Å²) in [6.07, 6.45) is 0.815. The quantitative estimate of drug-likeness (QED) is 0.406. The Kier molecular flexibility index (Phi) is 7.70. The Bertz CT molecular complexity index is 441. The van der Waals surface area contributed by atoms with Gasteiger partial charge in [-0.25, -0.2) is 0 Å². The average Bonchev–Trinajstić information content (AvgIpc) is 2.38. The number of aliphatic carboxylic acids is 1. The molecule has 0 bridgehead atoms. The van der Waals surface area contributed by atoms with E-state index in [0.29, 0.717) is 17.6 Å². The maximum atomic E-state index is 12.4. The first-order chi connectivity index (χ1) is 10.3. The van der Waals surface area contributed by atoms with Crippen molar-refractivity contribution in [3.63, 3.8) is 0 Å². The van der Waals surface area contributed by atoms with E-state index in [1.807, 2.05) is 21.1 Å². The molecule has 4 N–H and O–H groups in total. The summed E-state index contributed by atoms with van der Waals surface area (Å²) >= 11 is 0. The van der Waals surface area contributed by atoms with E-state index < -0.39 is 29.1 Å². The molecule has 23 heavy (non-hydrogen) atoms. The smallest absolute Gasteiger partial charge is 0.306 e. The zero-order chi connectivity index (χ0) is 18.4. The normalized spacial score (nSPS) is 14.9. The van der Waals surface area contributed by atoms with Crippen LogP contribution in [0.25, 0.3) is 0 Å². The molecule has 2 amide bonds. The molecule has 0 aromatic rings. The van der Waals surface area contributed by atoms with Crippen LogP contribution in [0, 0.1) is 17.3 Å². The molecule has 2 atom stereocenters. The molecular weight excluding hydrogens is 298 g/mol. The van der Waals surface area contributed by atoms with Crippen LogP contribution in [0.3, 0.4) is 0 Å². The van der Waals surface area contributed by atoms with E-state index in [4.69, 9.17) is 5.73 Å². The monoisotopic (exact) mass is 330 g/mol. The molecule has 0 fully saturated rings. The number of carboxylic acids is 1. The minimum Gasteiger partial charge on any atom is -0.481 e. The van der Waals surface area contributed by atoms with Crippen molar-refractivity contribution >= 4 is 17.8 Å². The zero-order valence-electron chi connectivity index (χ0n) is 15.2. The van der Waals surface area contributed by atoms with Crippen molar-refractivity contribution in [1.29, 1.82) is 0 Å². The summed E-state index contributed by atoms with van der Waals surface area (Å²) in [5, 5.41) is 12.3. The molecule has 7 nitrogen and oxygen atoms in total. The third kappa shape index (κ3) is 7.97. The zero-order valence-corrected chi connectivity index (χ0v) is 15.2. The molecule has 0 aliphatic rings. The van der Waals surface area contributed by atoms with E-state index in [-0.39, 0.29) is 18.7 Å². The third-order valence-corrected chi connectivity index (χ3v) is 3.90. The number of amides is 2. The molecular formula is C16H32N3O4+. The van der Waals surface area contributed by atoms with Crippen molar-refractivity contribution in [2.75, 3.05) is 27.8 Å². The van der Waals surface area contributed by atoms with E-state index in [9.17, 15) is 19.5 Å². The van der Waals surface area contributed by atoms with Gasteiger partial charge in [0.1, 0.15) is 0 Å². The van der Waals surface area contributed by atoms with Crippen LogP contribution in [0.15, 0.2) is 0 Å². The van der Waals surface area contributed by atoms with Gasteiger partial charge in [-0.2, -0.15) is 0 Å². The molecule has 0 aromatic heterocycles. The van der Waals surface area contributed by atoms with Gasteiger partial charge in [0.2, 0.25) is 11.8 Å². The summed E-state index contributed by atoms with van der Waals surface area (Å²) in [5.41, 5.74) is 4.46. The second-order valence-electron chi connectivity index (χ2n) is 7.82. The SMILES string of the molecule is CCC(CC(CC(C)(C)C(=O)NC[N+](C)(C)C)C(=O)O)C(N)=O. The van der Waals surface area contributed by atoms with E-state index in [1.54, 1.807) is 20.8 Å². The van der Waals surface area contributed by atoms with Gasteiger partial charge in [0, 0.05) is 11.3 Å². The second kappa shape index (κ2) is 8.29. The van der Waals surface area contributed by atoms with Gasteiger partial charge in [0.25, 0.3) is 0 Å². The minimum absolute atomic E-state index is 0.160. The fraction of sp³-hybridized carbons (Fsp3) is 0.812. The number of hydrogen-bond donors (Lipinski definition) is 3. The summed E-state index contributed by atoms with van der Waals surface area (Å²) in [5.74, 6) is -2.95. The average molecular weight is 330 g/mol. The standard InChI is InChI=1S/C16H31N3O4/c1-7-11(13(17)20)8-12(14(21)22)9-16(2,3)15(23)18-10-19(4,5)6/h11-12H,7-10H2,1-6H3,(H3-,17,18,20,21,22,23)/p+1. The Morgan fingerprint density at radius 2 is 1.70 bits per heavy atom. The highest BCUT2D eigenvalue weighted by Crippen LogP contribution is 2.30. The maximum absolute atomic E-state index is 12.4. The van der Waals surface area contributed by atoms with Crippen molar-refractivity contribution in [3.05, 3.63) is 0 Å². The molecule has 0 spiro atoms. The number of carbonyl (C=O) groups is 3. The van der Waals surface area contributed by atoms with Crippen LogP contribution in [0.2, 0.25) is 0 Å². The second-order valence-corrected chi connectivity index (χ2v) is 7.82. The van der Waals surface area contributed by atoms with Crippen LogP contribution in [-0.4, -0.2) is 55.2 Å². The van der Waals surface area contributed by atoms with Gasteiger partial charge in [-0.05, 0) is 19.3 Å². The van der Waals surface area contributed by atoms with Crippen molar-refractivity contribution in [3.8, 4) is 0 Å². The number of primary amides is 1. The Morgan fingerprint density at radius 3 is 2.04 bits per heavy atom. The van der Waals surface area contributed by atoms with Gasteiger partial charge in [0.15, 0.2) is 6.67 Å². The highest BCUT2D eigenvalue weighted by atomic mass is 16.4. The predicted octanol–water partition coefficient (Wildman–Crippen LogP) is 0.785. The van der Waals surface area contributed by atoms with Crippen LogP contribution < -0.4 is 11.1 Å². The Balaban J connectivity index is 4.93. The van der Waals surface area contributed by atoms with Crippen LogP contribution in [0.1, 0.15) is 40.0 Å². The molecule has 0 heterocycles. The number of quaternary nitrogens is 1. The van der Waals surface area contributed by atoms with E-state index in [1.165, 1.54) is 0 Å². The maximum Gasteiger partial charge on any atom is 0.306 e. The first kappa shape index (κ1) is 21.4. The summed E-state index contributed by atoms with van der Waals surface area (Å²) in [7, 11) is 5.85. The fourth-order valence-electron chi connectivity index (χ4n) is 2.36. The van der Waals surface area contributed by atoms with E-state index in [0.717, 1.165) is 0 Å². The van der Waals surface area contributed by atoms with Crippen molar-refractivity contribution in [2.24, 2.45) is 23.0 Å². The molecule has 2 unspecified atom stereocenters. The number of rotatable bonds is 10. The number of nitrogens with one attached hydrogen (secondary N) is 1. The number of hydrogen-bond acceptors (Lipinski definition) is 3. The summed E-state index contributed by atoms with van der Waals surface area (Å²) in [6, 6.07) is 0. The molecule has 0 saturated carbocycles. The minimum atomic E-state index is -1.00. The Hall–Kier alpha value is -1.63. The number of carboxylic acid groups (broad SMARTS) is 1. The largest absolute Gasteiger partial charge is 0.481 e. The molecule has 0 saturated heterocycles. The van der Waals surface area contributed by atoms with E-state index in [2.05, 4.69) is 5.32 Å². The summed E-state index contributed by atoms with van der Waals surface area (Å²) < 4.78 is 0.573. The fourth-order valence-corrected chi connectivity index (χ4v) is 2.36. The van der Waals surface area contributed by atoms with Crippen LogP contribution in [-0.2, 0) is 14.4 Å². The topological polar surface area (TPSA) is 109 Å². The van der Waals surface area contributed by atoms with Gasteiger partial charge in [-0.3, -0.25) is 14.4 Å². The molecule has 0 rings (SSSR count). The van der Waals surface area contributed by atoms with Crippen molar-refractivity contribution < 1.29 is 24.0 Å². The molecule has 134 valence electrons. The Labute approximate surface area is 138 Å². The summed E-state index contributed by atoms with van der Waals surface area (Å²) in [6.45, 7) is 5.70. The van der Waals surface area contributed by atoms with Gasteiger partial charge >= 0.3 is 5.97 Å². The van der Waals surface area contributed by atoms with Crippen LogP contribution >= 0.6 is 0 Å². The lowest BCUT2D eigenvalue weighted by Gasteiger charge is -2.30. The molecule has 0 radical (unpaired) electrons.